The largest absolute Gasteiger partial charge is 0.417 e. The van der Waals surface area contributed by atoms with E-state index in [9.17, 15) is 35.5 Å². The van der Waals surface area contributed by atoms with Crippen LogP contribution in [-0.4, -0.2) is 70.3 Å². The number of hydrogen-bond donors (Lipinski definition) is 2. The van der Waals surface area contributed by atoms with E-state index in [0.29, 0.717) is 12.3 Å². The maximum Gasteiger partial charge on any atom is 0.417 e. The molecule has 2 aliphatic heterocycles. The molecule has 2 aliphatic rings. The summed E-state index contributed by atoms with van der Waals surface area (Å²) in [5.74, 6) is -10.8. The van der Waals surface area contributed by atoms with Gasteiger partial charge in [-0.25, -0.2) is 27.5 Å². The van der Waals surface area contributed by atoms with Gasteiger partial charge in [-0.3, -0.25) is 14.7 Å². The maximum atomic E-state index is 15.3. The van der Waals surface area contributed by atoms with Gasteiger partial charge in [-0.1, -0.05) is 7.43 Å². The number of halogens is 8. The van der Waals surface area contributed by atoms with Gasteiger partial charge in [-0.15, -0.1) is 0 Å². The monoisotopic (exact) mass is 569 g/mol. The summed E-state index contributed by atoms with van der Waals surface area (Å²) in [4.78, 5) is 24.2. The first-order valence-corrected chi connectivity index (χ1v) is 11.5. The van der Waals surface area contributed by atoms with E-state index in [4.69, 9.17) is 5.73 Å². The van der Waals surface area contributed by atoms with Gasteiger partial charge in [-0.2, -0.15) is 17.6 Å². The van der Waals surface area contributed by atoms with Crippen LogP contribution in [0.15, 0.2) is 24.7 Å². The SMILES string of the molecule is C.NC(=O)CN1CC[C@H](CNc2ncnc(N3CC(F)(F)C[C@@H]3c3ccc(C(F)(F)F)cn3)c2F)C(F)(F)C1. The normalized spacial score (nSPS) is 22.8. The molecule has 16 heteroatoms. The van der Waals surface area contributed by atoms with Crippen LogP contribution in [0.25, 0.3) is 0 Å². The lowest BCUT2D eigenvalue weighted by atomic mass is 9.92. The topological polar surface area (TPSA) is 100 Å². The Morgan fingerprint density at radius 2 is 1.85 bits per heavy atom. The van der Waals surface area contributed by atoms with Gasteiger partial charge in [0.1, 0.15) is 6.33 Å². The highest BCUT2D eigenvalue weighted by atomic mass is 19.4. The molecule has 216 valence electrons. The van der Waals surface area contributed by atoms with Crippen LogP contribution in [0, 0.1) is 11.7 Å². The predicted octanol–water partition coefficient (Wildman–Crippen LogP) is 4.11. The van der Waals surface area contributed by atoms with Crippen LogP contribution >= 0.6 is 0 Å². The Morgan fingerprint density at radius 3 is 2.44 bits per heavy atom. The third-order valence-electron chi connectivity index (χ3n) is 6.49. The Balaban J connectivity index is 0.00000420. The number of nitrogens with one attached hydrogen (secondary N) is 1. The number of piperidine rings is 1. The van der Waals surface area contributed by atoms with Gasteiger partial charge < -0.3 is 16.0 Å². The second kappa shape index (κ2) is 11.1. The number of carbonyl (C=O) groups is 1. The second-order valence-corrected chi connectivity index (χ2v) is 9.34. The summed E-state index contributed by atoms with van der Waals surface area (Å²) in [7, 11) is 0. The molecule has 8 nitrogen and oxygen atoms in total. The van der Waals surface area contributed by atoms with Gasteiger partial charge in [0.05, 0.1) is 36.9 Å². The first-order chi connectivity index (χ1) is 17.7. The number of nitrogens with zero attached hydrogens (tertiary/aromatic N) is 5. The Morgan fingerprint density at radius 1 is 1.13 bits per heavy atom. The number of alkyl halides is 7. The summed E-state index contributed by atoms with van der Waals surface area (Å²) in [6, 6.07) is 0.325. The lowest BCUT2D eigenvalue weighted by molar-refractivity contribution is -0.137. The third-order valence-corrected chi connectivity index (χ3v) is 6.49. The summed E-state index contributed by atoms with van der Waals surface area (Å²) < 4.78 is 112. The van der Waals surface area contributed by atoms with Gasteiger partial charge in [0.2, 0.25) is 11.7 Å². The quantitative estimate of drug-likeness (QED) is 0.485. The van der Waals surface area contributed by atoms with Crippen molar-refractivity contribution in [3.8, 4) is 0 Å². The van der Waals surface area contributed by atoms with Crippen LogP contribution in [0.5, 0.6) is 0 Å². The van der Waals surface area contributed by atoms with Gasteiger partial charge in [0.15, 0.2) is 11.6 Å². The summed E-state index contributed by atoms with van der Waals surface area (Å²) in [6.45, 7) is -2.29. The van der Waals surface area contributed by atoms with E-state index in [-0.39, 0.29) is 32.6 Å². The van der Waals surface area contributed by atoms with Crippen LogP contribution in [0.3, 0.4) is 0 Å². The third kappa shape index (κ3) is 6.83. The molecule has 0 radical (unpaired) electrons. The van der Waals surface area contributed by atoms with Crippen LogP contribution in [-0.2, 0) is 11.0 Å². The highest BCUT2D eigenvalue weighted by molar-refractivity contribution is 5.75. The molecule has 0 aliphatic carbocycles. The number of rotatable bonds is 7. The summed E-state index contributed by atoms with van der Waals surface area (Å²) in [5, 5.41) is 2.49. The molecular weight excluding hydrogens is 542 g/mol. The van der Waals surface area contributed by atoms with Gasteiger partial charge in [-0.05, 0) is 25.1 Å². The zero-order chi connectivity index (χ0) is 27.9. The van der Waals surface area contributed by atoms with Gasteiger partial charge in [0, 0.05) is 25.1 Å². The smallest absolute Gasteiger partial charge is 0.369 e. The Hall–Kier alpha value is -3.30. The molecule has 0 aromatic carbocycles. The average molecular weight is 570 g/mol. The molecule has 2 aromatic heterocycles. The van der Waals surface area contributed by atoms with Crippen molar-refractivity contribution in [2.45, 2.75) is 44.3 Å². The number of likely N-dealkylation sites (tertiary alicyclic amines) is 1. The molecule has 0 spiro atoms. The predicted molar refractivity (Wildman–Crippen MR) is 125 cm³/mol. The lowest BCUT2D eigenvalue weighted by Gasteiger charge is -2.37. The zero-order valence-electron chi connectivity index (χ0n) is 19.7. The minimum atomic E-state index is -4.68. The minimum Gasteiger partial charge on any atom is -0.369 e. The van der Waals surface area contributed by atoms with Crippen molar-refractivity contribution >= 4 is 17.5 Å². The molecule has 2 fully saturated rings. The van der Waals surface area contributed by atoms with Crippen molar-refractivity contribution in [3.63, 3.8) is 0 Å². The first kappa shape index (κ1) is 30.2. The van der Waals surface area contributed by atoms with Crippen molar-refractivity contribution in [1.29, 1.82) is 0 Å². The summed E-state index contributed by atoms with van der Waals surface area (Å²) in [6.07, 6.45) is -4.20. The fourth-order valence-corrected chi connectivity index (χ4v) is 4.64. The molecule has 0 bridgehead atoms. The molecule has 1 amide bonds. The number of hydrogen-bond acceptors (Lipinski definition) is 7. The Bertz CT molecular complexity index is 1160. The van der Waals surface area contributed by atoms with E-state index in [0.717, 1.165) is 17.3 Å². The van der Waals surface area contributed by atoms with Crippen molar-refractivity contribution in [1.82, 2.24) is 19.9 Å². The number of nitrogens with two attached hydrogens (primary N) is 1. The average Bonchev–Trinajstić information content (AvgIpc) is 3.13. The number of aromatic nitrogens is 3. The van der Waals surface area contributed by atoms with Gasteiger partial charge in [0.25, 0.3) is 11.8 Å². The number of carbonyl (C=O) groups excluding carboxylic acids is 1. The lowest BCUT2D eigenvalue weighted by Crippen LogP contribution is -2.52. The highest BCUT2D eigenvalue weighted by Crippen LogP contribution is 2.44. The van der Waals surface area contributed by atoms with Crippen molar-refractivity contribution in [2.75, 3.05) is 42.9 Å². The molecule has 4 rings (SSSR count). The maximum absolute atomic E-state index is 15.3. The molecule has 2 atom stereocenters. The molecular formula is C23H27F8N7O. The molecule has 2 saturated heterocycles. The molecule has 0 unspecified atom stereocenters. The molecule has 2 aromatic rings. The number of pyridine rings is 1. The number of anilines is 2. The Kier molecular flexibility index (Phi) is 8.57. The molecule has 4 heterocycles. The van der Waals surface area contributed by atoms with Crippen molar-refractivity contribution in [2.24, 2.45) is 11.7 Å². The van der Waals surface area contributed by atoms with Crippen LogP contribution in [0.2, 0.25) is 0 Å². The van der Waals surface area contributed by atoms with E-state index in [1.165, 1.54) is 4.90 Å². The Labute approximate surface area is 218 Å². The van der Waals surface area contributed by atoms with E-state index in [1.807, 2.05) is 0 Å². The second-order valence-electron chi connectivity index (χ2n) is 9.34. The van der Waals surface area contributed by atoms with Crippen molar-refractivity contribution < 1.29 is 39.9 Å². The van der Waals surface area contributed by atoms with E-state index < -0.39 is 85.0 Å². The summed E-state index contributed by atoms with van der Waals surface area (Å²) in [5.41, 5.74) is 3.83. The zero-order valence-corrected chi connectivity index (χ0v) is 19.7. The van der Waals surface area contributed by atoms with Crippen LogP contribution in [0.1, 0.15) is 37.6 Å². The fourth-order valence-electron chi connectivity index (χ4n) is 4.64. The molecule has 39 heavy (non-hydrogen) atoms. The van der Waals surface area contributed by atoms with E-state index in [2.05, 4.69) is 20.3 Å². The number of amides is 1. The molecule has 0 saturated carbocycles. The van der Waals surface area contributed by atoms with E-state index in [1.54, 1.807) is 0 Å². The summed E-state index contributed by atoms with van der Waals surface area (Å²) >= 11 is 0. The first-order valence-electron chi connectivity index (χ1n) is 11.5. The molecule has 3 N–H and O–H groups in total. The van der Waals surface area contributed by atoms with Crippen LogP contribution < -0.4 is 16.0 Å². The highest BCUT2D eigenvalue weighted by Gasteiger charge is 2.48. The van der Waals surface area contributed by atoms with E-state index >= 15 is 4.39 Å². The fraction of sp³-hybridized carbons (Fsp3) is 0.565. The standard InChI is InChI=1S/C22H23F8N7O.CH4/c23-17-18(33-6-12-3-4-36(8-16(31)38)10-21(12,26)27)34-11-35-19(17)37-9-20(24,25)5-15(37)14-2-1-13(7-32-14)22(28,29)30;/h1-2,7,11-12,15H,3-6,8-10H2,(H2,31,38)(H,33,34,35);1H4/t12-,15-;/m1./s1. The van der Waals surface area contributed by atoms with Crippen LogP contribution in [0.4, 0.5) is 46.8 Å². The van der Waals surface area contributed by atoms with Gasteiger partial charge >= 0.3 is 6.18 Å². The minimum absolute atomic E-state index is 0. The van der Waals surface area contributed by atoms with Crippen molar-refractivity contribution in [3.05, 3.63) is 41.7 Å². The number of primary amides is 1.